The fourth-order valence-electron chi connectivity index (χ4n) is 1.71. The lowest BCUT2D eigenvalue weighted by molar-refractivity contribution is -0.142. The number of carbonyl (C=O) groups excluding carboxylic acids is 2. The Labute approximate surface area is 125 Å². The molecule has 0 aromatic rings. The number of urea groups is 1. The highest BCUT2D eigenvalue weighted by molar-refractivity contribution is 5.83. The second-order valence-corrected chi connectivity index (χ2v) is 5.30. The van der Waals surface area contributed by atoms with E-state index in [1.54, 1.807) is 0 Å². The summed E-state index contributed by atoms with van der Waals surface area (Å²) >= 11 is 0. The average molecular weight is 302 g/mol. The topological polar surface area (TPSA) is 105 Å². The minimum Gasteiger partial charge on any atom is -0.480 e. The summed E-state index contributed by atoms with van der Waals surface area (Å²) < 4.78 is 4.44. The van der Waals surface area contributed by atoms with Gasteiger partial charge in [-0.05, 0) is 18.8 Å². The lowest BCUT2D eigenvalue weighted by Crippen LogP contribution is -2.46. The van der Waals surface area contributed by atoms with E-state index in [2.05, 4.69) is 29.2 Å². The number of carbonyl (C=O) groups is 3. The van der Waals surface area contributed by atoms with Gasteiger partial charge in [-0.2, -0.15) is 0 Å². The van der Waals surface area contributed by atoms with Crippen molar-refractivity contribution >= 4 is 18.0 Å². The van der Waals surface area contributed by atoms with Gasteiger partial charge in [-0.25, -0.2) is 9.59 Å². The lowest BCUT2D eigenvalue weighted by atomic mass is 10.1. The predicted molar refractivity (Wildman–Crippen MR) is 77.9 cm³/mol. The van der Waals surface area contributed by atoms with Gasteiger partial charge in [-0.3, -0.25) is 4.79 Å². The van der Waals surface area contributed by atoms with Gasteiger partial charge in [0.05, 0.1) is 7.11 Å². The summed E-state index contributed by atoms with van der Waals surface area (Å²) in [6.07, 6.45) is 2.92. The number of hydrogen-bond acceptors (Lipinski definition) is 4. The number of carboxylic acids is 1. The summed E-state index contributed by atoms with van der Waals surface area (Å²) in [5, 5.41) is 13.9. The number of aliphatic carboxylic acids is 1. The van der Waals surface area contributed by atoms with Crippen LogP contribution in [0.1, 0.15) is 46.0 Å². The van der Waals surface area contributed by atoms with E-state index < -0.39 is 24.0 Å². The van der Waals surface area contributed by atoms with Gasteiger partial charge in [0.2, 0.25) is 0 Å². The third kappa shape index (κ3) is 10.6. The zero-order valence-electron chi connectivity index (χ0n) is 13.0. The van der Waals surface area contributed by atoms with E-state index in [1.807, 2.05) is 0 Å². The first kappa shape index (κ1) is 19.2. The van der Waals surface area contributed by atoms with Gasteiger partial charge < -0.3 is 20.5 Å². The van der Waals surface area contributed by atoms with Crippen LogP contribution >= 0.6 is 0 Å². The van der Waals surface area contributed by atoms with Gasteiger partial charge in [0.15, 0.2) is 0 Å². The van der Waals surface area contributed by atoms with Crippen LogP contribution in [0.25, 0.3) is 0 Å². The Morgan fingerprint density at radius 1 is 1.14 bits per heavy atom. The maximum absolute atomic E-state index is 11.6. The summed E-state index contributed by atoms with van der Waals surface area (Å²) in [6, 6.07) is -1.63. The van der Waals surface area contributed by atoms with E-state index in [0.29, 0.717) is 12.5 Å². The van der Waals surface area contributed by atoms with Crippen LogP contribution in [0, 0.1) is 5.92 Å². The van der Waals surface area contributed by atoms with Gasteiger partial charge in [-0.1, -0.05) is 26.7 Å². The van der Waals surface area contributed by atoms with Crippen LogP contribution in [-0.4, -0.2) is 42.8 Å². The summed E-state index contributed by atoms with van der Waals surface area (Å²) in [5.41, 5.74) is 0. The molecular weight excluding hydrogens is 276 g/mol. The number of nitrogens with one attached hydrogen (secondary N) is 2. The number of hydrogen-bond donors (Lipinski definition) is 3. The van der Waals surface area contributed by atoms with E-state index in [0.717, 1.165) is 19.3 Å². The van der Waals surface area contributed by atoms with Crippen molar-refractivity contribution in [2.24, 2.45) is 5.92 Å². The molecule has 0 fully saturated rings. The van der Waals surface area contributed by atoms with E-state index in [1.165, 1.54) is 7.11 Å². The van der Waals surface area contributed by atoms with Crippen LogP contribution in [0.4, 0.5) is 4.79 Å². The summed E-state index contributed by atoms with van der Waals surface area (Å²) in [6.45, 7) is 4.78. The highest BCUT2D eigenvalue weighted by Gasteiger charge is 2.20. The Morgan fingerprint density at radius 2 is 1.81 bits per heavy atom. The number of rotatable bonds is 10. The molecule has 7 heteroatoms. The molecule has 0 saturated heterocycles. The maximum atomic E-state index is 11.6. The second kappa shape index (κ2) is 10.9. The van der Waals surface area contributed by atoms with Crippen molar-refractivity contribution in [1.82, 2.24) is 10.6 Å². The maximum Gasteiger partial charge on any atom is 0.326 e. The van der Waals surface area contributed by atoms with Gasteiger partial charge in [0.25, 0.3) is 0 Å². The number of carboxylic acid groups (broad SMARTS) is 1. The molecule has 1 atom stereocenters. The molecule has 0 unspecified atom stereocenters. The van der Waals surface area contributed by atoms with Crippen LogP contribution < -0.4 is 10.6 Å². The molecule has 0 aliphatic carbocycles. The third-order valence-electron chi connectivity index (χ3n) is 2.96. The molecule has 0 spiro atoms. The van der Waals surface area contributed by atoms with Crippen LogP contribution in [0.3, 0.4) is 0 Å². The molecule has 0 rings (SSSR count). The van der Waals surface area contributed by atoms with Crippen LogP contribution in [0.2, 0.25) is 0 Å². The van der Waals surface area contributed by atoms with Crippen molar-refractivity contribution in [3.63, 3.8) is 0 Å². The molecule has 0 aliphatic heterocycles. The van der Waals surface area contributed by atoms with Gasteiger partial charge in [0.1, 0.15) is 6.04 Å². The summed E-state index contributed by atoms with van der Waals surface area (Å²) in [7, 11) is 1.23. The zero-order chi connectivity index (χ0) is 16.3. The molecule has 0 bridgehead atoms. The first-order valence-electron chi connectivity index (χ1n) is 7.20. The van der Waals surface area contributed by atoms with Crippen molar-refractivity contribution in [3.05, 3.63) is 0 Å². The number of esters is 1. The Hall–Kier alpha value is -1.79. The normalized spacial score (nSPS) is 11.8. The SMILES string of the molecule is COC(=O)CC[C@@H](NC(=O)NCCCCC(C)C)C(=O)O. The highest BCUT2D eigenvalue weighted by Crippen LogP contribution is 2.05. The van der Waals surface area contributed by atoms with E-state index in [9.17, 15) is 14.4 Å². The molecule has 122 valence electrons. The van der Waals surface area contributed by atoms with Crippen molar-refractivity contribution in [1.29, 1.82) is 0 Å². The van der Waals surface area contributed by atoms with Crippen LogP contribution in [0.5, 0.6) is 0 Å². The zero-order valence-corrected chi connectivity index (χ0v) is 13.0. The predicted octanol–water partition coefficient (Wildman–Crippen LogP) is 1.52. The Bertz CT molecular complexity index is 344. The van der Waals surface area contributed by atoms with Crippen molar-refractivity contribution in [3.8, 4) is 0 Å². The molecular formula is C14H26N2O5. The van der Waals surface area contributed by atoms with Gasteiger partial charge in [-0.15, -0.1) is 0 Å². The number of unbranched alkanes of at least 4 members (excludes halogenated alkanes) is 1. The molecule has 0 heterocycles. The van der Waals surface area contributed by atoms with E-state index in [4.69, 9.17) is 5.11 Å². The Balaban J connectivity index is 3.95. The number of methoxy groups -OCH3 is 1. The smallest absolute Gasteiger partial charge is 0.326 e. The molecule has 2 amide bonds. The number of amides is 2. The van der Waals surface area contributed by atoms with Crippen molar-refractivity contribution in [2.75, 3.05) is 13.7 Å². The molecule has 0 radical (unpaired) electrons. The minimum atomic E-state index is -1.17. The largest absolute Gasteiger partial charge is 0.480 e. The fourth-order valence-corrected chi connectivity index (χ4v) is 1.71. The van der Waals surface area contributed by atoms with E-state index >= 15 is 0 Å². The highest BCUT2D eigenvalue weighted by atomic mass is 16.5. The number of ether oxygens (including phenoxy) is 1. The standard InChI is InChI=1S/C14H26N2O5/c1-10(2)6-4-5-9-15-14(20)16-11(13(18)19)7-8-12(17)21-3/h10-11H,4-9H2,1-3H3,(H,18,19)(H2,15,16,20)/t11-/m1/s1. The molecule has 0 saturated carbocycles. The first-order chi connectivity index (χ1) is 9.86. The Kier molecular flexibility index (Phi) is 10.0. The van der Waals surface area contributed by atoms with Gasteiger partial charge >= 0.3 is 18.0 Å². The Morgan fingerprint density at radius 3 is 2.33 bits per heavy atom. The van der Waals surface area contributed by atoms with E-state index in [-0.39, 0.29) is 12.8 Å². The lowest BCUT2D eigenvalue weighted by Gasteiger charge is -2.14. The summed E-state index contributed by atoms with van der Waals surface area (Å²) in [5.74, 6) is -1.04. The second-order valence-electron chi connectivity index (χ2n) is 5.30. The first-order valence-corrected chi connectivity index (χ1v) is 7.20. The third-order valence-corrected chi connectivity index (χ3v) is 2.96. The van der Waals surface area contributed by atoms with Crippen LogP contribution in [0.15, 0.2) is 0 Å². The van der Waals surface area contributed by atoms with Crippen LogP contribution in [-0.2, 0) is 14.3 Å². The molecule has 0 aliphatic rings. The minimum absolute atomic E-state index is 0.00275. The van der Waals surface area contributed by atoms with Crippen molar-refractivity contribution in [2.45, 2.75) is 52.0 Å². The van der Waals surface area contributed by atoms with Gasteiger partial charge in [0, 0.05) is 13.0 Å². The monoisotopic (exact) mass is 302 g/mol. The molecule has 0 aromatic carbocycles. The fraction of sp³-hybridized carbons (Fsp3) is 0.786. The average Bonchev–Trinajstić information content (AvgIpc) is 2.41. The molecule has 21 heavy (non-hydrogen) atoms. The molecule has 7 nitrogen and oxygen atoms in total. The molecule has 3 N–H and O–H groups in total. The quantitative estimate of drug-likeness (QED) is 0.419. The van der Waals surface area contributed by atoms with Crippen molar-refractivity contribution < 1.29 is 24.2 Å². The summed E-state index contributed by atoms with van der Waals surface area (Å²) in [4.78, 5) is 33.5. The molecule has 0 aromatic heterocycles.